The van der Waals surface area contributed by atoms with Gasteiger partial charge in [-0.1, -0.05) is 67.0 Å². The van der Waals surface area contributed by atoms with Crippen LogP contribution in [0, 0.1) is 61.6 Å². The number of nitrogens with one attached hydrogen (secondary N) is 1. The molecule has 0 radical (unpaired) electrons. The number of hydrogen-bond donors (Lipinski definition) is 2. The normalized spacial score (nSPS) is 45.3. The van der Waals surface area contributed by atoms with Gasteiger partial charge < -0.3 is 10.4 Å². The van der Waals surface area contributed by atoms with E-state index in [1.165, 1.54) is 11.1 Å². The lowest BCUT2D eigenvalue weighted by molar-refractivity contribution is -0.266. The summed E-state index contributed by atoms with van der Waals surface area (Å²) in [6.07, 6.45) is 11.7. The first kappa shape index (κ1) is 42.7. The number of halogens is 4. The molecule has 318 valence electrons. The number of alkyl halides is 4. The van der Waals surface area contributed by atoms with E-state index < -0.39 is 40.1 Å². The summed E-state index contributed by atoms with van der Waals surface area (Å²) in [7, 11) is -3.18. The summed E-state index contributed by atoms with van der Waals surface area (Å²) in [5.41, 5.74) is 1.09. The first-order valence-corrected chi connectivity index (χ1v) is 23.7. The molecular weight excluding hydrogens is 741 g/mol. The largest absolute Gasteiger partial charge is 0.481 e. The number of nitrogens with zero attached hydrogens (tertiary/aromatic N) is 1. The SMILES string of the molecule is CC[C@@H]1CC[C@]2(CNC(CN3CCS(=O)(=O)CC3)C(F)(F)F)CC[C@@]3(C)[C@]4(C)CC[C@H]5C(C)(C)C(C6=CC[C@](CF)(C(=O)O)CC6)=CC[C@]5(C)[C@H]4CC[C@]3(C)[C@@H]12. The Kier molecular flexibility index (Phi) is 10.7. The second-order valence-corrected chi connectivity index (χ2v) is 23.8. The van der Waals surface area contributed by atoms with Crippen LogP contribution in [0.15, 0.2) is 23.3 Å². The standard InChI is InChI=1S/C45H70F4N2O4S/c1-8-30-9-20-44(29-50-35(45(47,48)49)27-51-23-25-56(54,55)26-24-51)22-21-42(7)40(5)16-13-33-38(2,3)32(31-10-18-43(28-46,19-11-31)37(52)53)12-15-39(33,4)34(40)14-17-41(42,6)36(30)44/h10,12,30,33-36,50H,8-9,11,13-29H2,1-7H3,(H,52,53)/t30-,33+,34-,35?,36-,39+,40-,41-,42+,43+,44-/m1/s1. The minimum Gasteiger partial charge on any atom is -0.481 e. The summed E-state index contributed by atoms with van der Waals surface area (Å²) in [5.74, 6) is 0.566. The van der Waals surface area contributed by atoms with E-state index in [-0.39, 0.29) is 70.1 Å². The molecular formula is C45H70F4N2O4S. The average molecular weight is 811 g/mol. The fourth-order valence-corrected chi connectivity index (χ4v) is 17.0. The molecule has 0 aromatic carbocycles. The van der Waals surface area contributed by atoms with E-state index >= 15 is 0 Å². The Balaban J connectivity index is 1.15. The average Bonchev–Trinajstić information content (AvgIpc) is 3.51. The molecule has 0 aromatic rings. The van der Waals surface area contributed by atoms with Crippen molar-refractivity contribution in [3.63, 3.8) is 0 Å². The predicted molar refractivity (Wildman–Crippen MR) is 213 cm³/mol. The Labute approximate surface area is 334 Å². The monoisotopic (exact) mass is 810 g/mol. The van der Waals surface area contributed by atoms with Gasteiger partial charge in [0.05, 0.1) is 16.9 Å². The summed E-state index contributed by atoms with van der Waals surface area (Å²) in [6.45, 7) is 16.9. The van der Waals surface area contributed by atoms with Crippen molar-refractivity contribution in [1.82, 2.24) is 10.2 Å². The molecule has 11 heteroatoms. The Morgan fingerprint density at radius 2 is 1.57 bits per heavy atom. The molecule has 1 heterocycles. The number of rotatable bonds is 9. The van der Waals surface area contributed by atoms with Crippen molar-refractivity contribution in [2.45, 2.75) is 144 Å². The first-order valence-electron chi connectivity index (χ1n) is 21.9. The smallest absolute Gasteiger partial charge is 0.405 e. The highest BCUT2D eigenvalue weighted by Gasteiger charge is 2.74. The molecule has 1 saturated heterocycles. The van der Waals surface area contributed by atoms with Crippen LogP contribution in [0.25, 0.3) is 0 Å². The maximum absolute atomic E-state index is 14.7. The zero-order chi connectivity index (χ0) is 41.0. The van der Waals surface area contributed by atoms with Crippen molar-refractivity contribution in [3.05, 3.63) is 23.3 Å². The summed E-state index contributed by atoms with van der Waals surface area (Å²) in [4.78, 5) is 13.7. The molecule has 0 amide bonds. The fraction of sp³-hybridized carbons (Fsp3) is 0.889. The van der Waals surface area contributed by atoms with Crippen LogP contribution in [0.3, 0.4) is 0 Å². The van der Waals surface area contributed by atoms with Gasteiger partial charge in [-0.25, -0.2) is 12.8 Å². The summed E-state index contributed by atoms with van der Waals surface area (Å²) < 4.78 is 82.1. The molecule has 1 unspecified atom stereocenters. The van der Waals surface area contributed by atoms with Gasteiger partial charge in [0.15, 0.2) is 9.84 Å². The summed E-state index contributed by atoms with van der Waals surface area (Å²) in [6, 6.07) is -1.69. The van der Waals surface area contributed by atoms with Gasteiger partial charge in [0, 0.05) is 26.2 Å². The van der Waals surface area contributed by atoms with E-state index in [0.717, 1.165) is 64.2 Å². The second kappa shape index (κ2) is 14.1. The van der Waals surface area contributed by atoms with Crippen molar-refractivity contribution >= 4 is 15.8 Å². The Hall–Kier alpha value is -1.46. The molecule has 6 aliphatic carbocycles. The number of allylic oxidation sites excluding steroid dienone is 4. The van der Waals surface area contributed by atoms with Crippen molar-refractivity contribution in [2.24, 2.45) is 61.6 Å². The lowest BCUT2D eigenvalue weighted by atomic mass is 9.29. The lowest BCUT2D eigenvalue weighted by Crippen LogP contribution is -2.69. The molecule has 5 fully saturated rings. The van der Waals surface area contributed by atoms with Gasteiger partial charge >= 0.3 is 12.1 Å². The second-order valence-electron chi connectivity index (χ2n) is 21.5. The van der Waals surface area contributed by atoms with Crippen LogP contribution >= 0.6 is 0 Å². The summed E-state index contributed by atoms with van der Waals surface area (Å²) in [5, 5.41) is 12.9. The van der Waals surface area contributed by atoms with Crippen LogP contribution in [-0.4, -0.2) is 81.0 Å². The molecule has 2 N–H and O–H groups in total. The quantitative estimate of drug-likeness (QED) is 0.226. The molecule has 7 rings (SSSR count). The van der Waals surface area contributed by atoms with Crippen LogP contribution in [-0.2, 0) is 14.6 Å². The highest BCUT2D eigenvalue weighted by atomic mass is 32.2. The fourth-order valence-electron chi connectivity index (χ4n) is 15.8. The van der Waals surface area contributed by atoms with E-state index in [0.29, 0.717) is 43.1 Å². The minimum absolute atomic E-state index is 0.0152. The zero-order valence-electron chi connectivity index (χ0n) is 35.2. The van der Waals surface area contributed by atoms with Crippen molar-refractivity contribution in [2.75, 3.05) is 44.4 Å². The molecule has 0 spiro atoms. The van der Waals surface area contributed by atoms with E-state index in [2.05, 4.69) is 59.9 Å². The van der Waals surface area contributed by atoms with Gasteiger partial charge in [-0.05, 0) is 144 Å². The van der Waals surface area contributed by atoms with Crippen molar-refractivity contribution in [1.29, 1.82) is 0 Å². The third-order valence-electron chi connectivity index (χ3n) is 19.2. The lowest BCUT2D eigenvalue weighted by Gasteiger charge is -2.76. The van der Waals surface area contributed by atoms with Gasteiger partial charge in [-0.3, -0.25) is 9.69 Å². The molecule has 56 heavy (non-hydrogen) atoms. The van der Waals surface area contributed by atoms with E-state index in [9.17, 15) is 35.9 Å². The Morgan fingerprint density at radius 3 is 2.16 bits per heavy atom. The van der Waals surface area contributed by atoms with Gasteiger partial charge in [-0.2, -0.15) is 13.2 Å². The molecule has 0 bridgehead atoms. The maximum Gasteiger partial charge on any atom is 0.405 e. The van der Waals surface area contributed by atoms with Crippen LogP contribution in [0.1, 0.15) is 132 Å². The number of carboxylic acids is 1. The predicted octanol–water partition coefficient (Wildman–Crippen LogP) is 9.81. The molecule has 11 atom stereocenters. The van der Waals surface area contributed by atoms with Crippen molar-refractivity contribution in [3.8, 4) is 0 Å². The molecule has 0 aromatic heterocycles. The highest BCUT2D eigenvalue weighted by Crippen LogP contribution is 2.81. The summed E-state index contributed by atoms with van der Waals surface area (Å²) >= 11 is 0. The number of fused-ring (bicyclic) bond motifs is 7. The van der Waals surface area contributed by atoms with Gasteiger partial charge in [0.25, 0.3) is 0 Å². The highest BCUT2D eigenvalue weighted by molar-refractivity contribution is 7.91. The van der Waals surface area contributed by atoms with E-state index in [1.807, 2.05) is 6.08 Å². The minimum atomic E-state index is -4.43. The molecule has 4 saturated carbocycles. The number of carboxylic acid groups (broad SMARTS) is 1. The van der Waals surface area contributed by atoms with E-state index in [1.54, 1.807) is 4.90 Å². The Bertz CT molecular complexity index is 1720. The zero-order valence-corrected chi connectivity index (χ0v) is 36.0. The topological polar surface area (TPSA) is 86.7 Å². The van der Waals surface area contributed by atoms with Crippen molar-refractivity contribution < 1.29 is 35.9 Å². The number of aliphatic carboxylic acids is 1. The number of hydrogen-bond acceptors (Lipinski definition) is 5. The molecule has 1 aliphatic heterocycles. The van der Waals surface area contributed by atoms with Crippen LogP contribution < -0.4 is 5.32 Å². The maximum atomic E-state index is 14.7. The number of sulfone groups is 1. The number of carbonyl (C=O) groups is 1. The van der Waals surface area contributed by atoms with E-state index in [4.69, 9.17) is 0 Å². The molecule has 6 nitrogen and oxygen atoms in total. The Morgan fingerprint density at radius 1 is 0.911 bits per heavy atom. The molecule has 7 aliphatic rings. The van der Waals surface area contributed by atoms with Crippen LogP contribution in [0.4, 0.5) is 17.6 Å². The van der Waals surface area contributed by atoms with Gasteiger partial charge in [-0.15, -0.1) is 0 Å². The van der Waals surface area contributed by atoms with Gasteiger partial charge in [0.2, 0.25) is 0 Å². The third kappa shape index (κ3) is 6.33. The van der Waals surface area contributed by atoms with Crippen LogP contribution in [0.5, 0.6) is 0 Å². The van der Waals surface area contributed by atoms with Crippen LogP contribution in [0.2, 0.25) is 0 Å². The van der Waals surface area contributed by atoms with Gasteiger partial charge in [0.1, 0.15) is 12.7 Å². The first-order chi connectivity index (χ1) is 26.0. The third-order valence-corrected chi connectivity index (χ3v) is 20.8.